The number of nitrogen functional groups attached to an aromatic ring is 1. The van der Waals surface area contributed by atoms with Gasteiger partial charge in [-0.05, 0) is 6.07 Å². The molecule has 0 spiro atoms. The van der Waals surface area contributed by atoms with Crippen molar-refractivity contribution in [3.8, 4) is 0 Å². The van der Waals surface area contributed by atoms with E-state index >= 15 is 0 Å². The summed E-state index contributed by atoms with van der Waals surface area (Å²) in [5.41, 5.74) is 4.71. The van der Waals surface area contributed by atoms with Crippen LogP contribution in [-0.2, 0) is 0 Å². The summed E-state index contributed by atoms with van der Waals surface area (Å²) < 4.78 is 12.5. The molecule has 1 aromatic carbocycles. The third kappa shape index (κ3) is 2.70. The molecule has 1 rings (SSSR count). The van der Waals surface area contributed by atoms with Gasteiger partial charge >= 0.3 is 0 Å². The van der Waals surface area contributed by atoms with Crippen LogP contribution in [-0.4, -0.2) is 4.92 Å². The molecule has 0 fully saturated rings. The first kappa shape index (κ1) is 10.8. The monoisotopic (exact) mass is 184 g/mol. The van der Waals surface area contributed by atoms with Gasteiger partial charge in [-0.3, -0.25) is 10.1 Å². The lowest BCUT2D eigenvalue weighted by Crippen LogP contribution is -1.93. The number of benzene rings is 1. The third-order valence-corrected chi connectivity index (χ3v) is 1.19. The van der Waals surface area contributed by atoms with Gasteiger partial charge in [-0.1, -0.05) is 0 Å². The van der Waals surface area contributed by atoms with Crippen LogP contribution >= 0.6 is 0 Å². The summed E-state index contributed by atoms with van der Waals surface area (Å²) in [7, 11) is 0. The van der Waals surface area contributed by atoms with Crippen molar-refractivity contribution in [3.63, 3.8) is 0 Å². The number of hydrogen-bond acceptors (Lipinski definition) is 5. The van der Waals surface area contributed by atoms with Crippen molar-refractivity contribution in [1.82, 2.24) is 0 Å². The highest BCUT2D eigenvalue weighted by Crippen LogP contribution is 2.17. The molecule has 0 bridgehead atoms. The number of rotatable bonds is 1. The molecule has 0 aromatic heterocycles. The predicted molar refractivity (Wildman–Crippen MR) is 40.9 cm³/mol. The van der Waals surface area contributed by atoms with Crippen LogP contribution in [0.4, 0.5) is 15.8 Å². The van der Waals surface area contributed by atoms with E-state index in [1.807, 2.05) is 0 Å². The summed E-state index contributed by atoms with van der Waals surface area (Å²) in [5.74, 6) is -0.765. The van der Waals surface area contributed by atoms with E-state index in [4.69, 9.17) is 16.5 Å². The molecule has 0 heterocycles. The van der Waals surface area contributed by atoms with E-state index in [1.165, 1.54) is 0 Å². The first-order chi connectivity index (χ1) is 6.11. The Balaban J connectivity index is 0.000000671. The fraction of sp³-hybridized carbons (Fsp3) is 0. The minimum atomic E-state index is -0.765. The van der Waals surface area contributed by atoms with Crippen molar-refractivity contribution in [2.45, 2.75) is 0 Å². The number of anilines is 1. The van der Waals surface area contributed by atoms with E-state index in [0.29, 0.717) is 0 Å². The summed E-state index contributed by atoms with van der Waals surface area (Å²) in [4.78, 5) is 9.38. The molecular weight excluding hydrogens is 179 g/mol. The van der Waals surface area contributed by atoms with Gasteiger partial charge in [0.1, 0.15) is 0 Å². The number of hydrogen-bond donors (Lipinski definition) is 1. The maximum absolute atomic E-state index is 12.5. The van der Waals surface area contributed by atoms with Crippen LogP contribution in [0.15, 0.2) is 18.2 Å². The van der Waals surface area contributed by atoms with Crippen LogP contribution in [0, 0.1) is 26.7 Å². The second kappa shape index (κ2) is 4.61. The summed E-state index contributed by atoms with van der Waals surface area (Å²) >= 11 is 0. The van der Waals surface area contributed by atoms with Gasteiger partial charge in [0.25, 0.3) is 5.69 Å². The van der Waals surface area contributed by atoms with Crippen molar-refractivity contribution < 1.29 is 9.31 Å². The van der Waals surface area contributed by atoms with Crippen LogP contribution in [0.3, 0.4) is 0 Å². The zero-order valence-corrected chi connectivity index (χ0v) is 6.35. The lowest BCUT2D eigenvalue weighted by Gasteiger charge is -1.94. The van der Waals surface area contributed by atoms with Gasteiger partial charge in [0, 0.05) is 16.9 Å². The number of nitro groups is 1. The second-order valence-electron chi connectivity index (χ2n) is 1.96. The number of nitrogens with zero attached hydrogens (tertiary/aromatic N) is 3. The van der Waals surface area contributed by atoms with Gasteiger partial charge in [-0.25, -0.2) is 4.39 Å². The Labute approximate surface area is 72.3 Å². The summed E-state index contributed by atoms with van der Waals surface area (Å²) in [6.07, 6.45) is 0. The first-order valence-corrected chi connectivity index (χ1v) is 3.00. The zero-order chi connectivity index (χ0) is 10.4. The van der Waals surface area contributed by atoms with Crippen LogP contribution < -0.4 is 5.73 Å². The Morgan fingerprint density at radius 2 is 2.00 bits per heavy atom. The van der Waals surface area contributed by atoms with Gasteiger partial charge < -0.3 is 5.73 Å². The van der Waals surface area contributed by atoms with Crippen LogP contribution in [0.1, 0.15) is 0 Å². The van der Waals surface area contributed by atoms with E-state index < -0.39 is 10.7 Å². The maximum Gasteiger partial charge on any atom is 0.272 e. The average molecular weight is 184 g/mol. The standard InChI is InChI=1S/C6H5FN2O2.N2/c7-5-3-4(9(10)11)1-2-6(5)8;1-2/h1-3H,8H2;. The number of nitrogens with two attached hydrogens (primary N) is 1. The van der Waals surface area contributed by atoms with Crippen LogP contribution in [0.5, 0.6) is 0 Å². The first-order valence-electron chi connectivity index (χ1n) is 3.00. The van der Waals surface area contributed by atoms with E-state index in [9.17, 15) is 14.5 Å². The zero-order valence-electron chi connectivity index (χ0n) is 6.35. The largest absolute Gasteiger partial charge is 0.396 e. The fourth-order valence-corrected chi connectivity index (χ4v) is 0.630. The normalized spacial score (nSPS) is 8.23. The fourth-order valence-electron chi connectivity index (χ4n) is 0.630. The Morgan fingerprint density at radius 1 is 1.46 bits per heavy atom. The Bertz CT molecular complexity index is 339. The number of non-ortho nitro benzene ring substituents is 1. The third-order valence-electron chi connectivity index (χ3n) is 1.19. The van der Waals surface area contributed by atoms with Crippen molar-refractivity contribution in [2.75, 3.05) is 5.73 Å². The minimum Gasteiger partial charge on any atom is -0.396 e. The van der Waals surface area contributed by atoms with E-state index in [2.05, 4.69) is 0 Å². The predicted octanol–water partition coefficient (Wildman–Crippen LogP) is 1.35. The Morgan fingerprint density at radius 3 is 2.38 bits per heavy atom. The van der Waals surface area contributed by atoms with E-state index in [-0.39, 0.29) is 11.4 Å². The Hall–Kier alpha value is -2.23. The molecule has 13 heavy (non-hydrogen) atoms. The molecule has 0 aliphatic rings. The quantitative estimate of drug-likeness (QED) is 0.306. The van der Waals surface area contributed by atoms with Crippen molar-refractivity contribution in [1.29, 1.82) is 10.8 Å². The highest BCUT2D eigenvalue weighted by Gasteiger charge is 2.07. The second-order valence-corrected chi connectivity index (χ2v) is 1.96. The lowest BCUT2D eigenvalue weighted by molar-refractivity contribution is -0.385. The van der Waals surface area contributed by atoms with Crippen molar-refractivity contribution in [3.05, 3.63) is 34.1 Å². The van der Waals surface area contributed by atoms with E-state index in [0.717, 1.165) is 18.2 Å². The SMILES string of the molecule is N#N.Nc1ccc([N+](=O)[O-])cc1F. The van der Waals surface area contributed by atoms with Crippen molar-refractivity contribution >= 4 is 11.4 Å². The molecule has 6 nitrogen and oxygen atoms in total. The molecule has 0 unspecified atom stereocenters. The number of halogens is 1. The smallest absolute Gasteiger partial charge is 0.272 e. The molecule has 7 heteroatoms. The molecule has 2 N–H and O–H groups in total. The maximum atomic E-state index is 12.5. The van der Waals surface area contributed by atoms with Gasteiger partial charge in [-0.15, -0.1) is 0 Å². The highest BCUT2D eigenvalue weighted by molar-refractivity contribution is 5.46. The molecular formula is C6H5FN4O2. The molecule has 0 aliphatic carbocycles. The van der Waals surface area contributed by atoms with Gasteiger partial charge in [0.05, 0.1) is 16.7 Å². The van der Waals surface area contributed by atoms with Crippen LogP contribution in [0.25, 0.3) is 0 Å². The summed E-state index contributed by atoms with van der Waals surface area (Å²) in [5, 5.41) is 22.1. The Kier molecular flexibility index (Phi) is 3.82. The topological polar surface area (TPSA) is 117 Å². The molecule has 0 atom stereocenters. The summed E-state index contributed by atoms with van der Waals surface area (Å²) in [6.45, 7) is 0. The van der Waals surface area contributed by atoms with E-state index in [1.54, 1.807) is 0 Å². The highest BCUT2D eigenvalue weighted by atomic mass is 19.1. The average Bonchev–Trinajstić information content (AvgIpc) is 2.13. The van der Waals surface area contributed by atoms with Gasteiger partial charge in [-0.2, -0.15) is 0 Å². The molecule has 1 aromatic rings. The molecule has 0 saturated carbocycles. The van der Waals surface area contributed by atoms with Gasteiger partial charge in [0.2, 0.25) is 0 Å². The minimum absolute atomic E-state index is 0.0874. The van der Waals surface area contributed by atoms with Crippen LogP contribution in [0.2, 0.25) is 0 Å². The molecule has 0 saturated heterocycles. The van der Waals surface area contributed by atoms with Gasteiger partial charge in [0.15, 0.2) is 5.82 Å². The molecule has 0 aliphatic heterocycles. The molecule has 68 valence electrons. The lowest BCUT2D eigenvalue weighted by atomic mass is 10.3. The number of nitro benzene ring substituents is 1. The molecule has 0 amide bonds. The van der Waals surface area contributed by atoms with Crippen molar-refractivity contribution in [2.24, 2.45) is 0 Å². The summed E-state index contributed by atoms with van der Waals surface area (Å²) in [6, 6.07) is 3.10. The molecule has 0 radical (unpaired) electrons.